The van der Waals surface area contributed by atoms with Crippen LogP contribution in [-0.4, -0.2) is 52.5 Å². The van der Waals surface area contributed by atoms with Crippen LogP contribution in [-0.2, 0) is 0 Å². The fourth-order valence-electron chi connectivity index (χ4n) is 3.18. The van der Waals surface area contributed by atoms with Crippen molar-refractivity contribution in [3.8, 4) is 0 Å². The van der Waals surface area contributed by atoms with Crippen molar-refractivity contribution in [3.63, 3.8) is 0 Å². The summed E-state index contributed by atoms with van der Waals surface area (Å²) in [6.07, 6.45) is 1.01. The van der Waals surface area contributed by atoms with Crippen LogP contribution >= 0.6 is 0 Å². The van der Waals surface area contributed by atoms with E-state index in [1.165, 1.54) is 12.1 Å². The smallest absolute Gasteiger partial charge is 0.125 e. The number of rotatable bonds is 4. The molecule has 1 N–H and O–H groups in total. The highest BCUT2D eigenvalue weighted by molar-refractivity contribution is 5.75. The number of hydrogen-bond donors (Lipinski definition) is 1. The van der Waals surface area contributed by atoms with Crippen LogP contribution in [0.4, 0.5) is 4.39 Å². The third-order valence-electron chi connectivity index (χ3n) is 4.46. The van der Waals surface area contributed by atoms with E-state index in [4.69, 9.17) is 0 Å². The summed E-state index contributed by atoms with van der Waals surface area (Å²) in [7, 11) is 0. The number of H-pyrrole nitrogens is 1. The van der Waals surface area contributed by atoms with Crippen molar-refractivity contribution in [2.75, 3.05) is 32.7 Å². The van der Waals surface area contributed by atoms with Crippen LogP contribution in [0.5, 0.6) is 0 Å². The van der Waals surface area contributed by atoms with Gasteiger partial charge in [-0.1, -0.05) is 13.8 Å². The van der Waals surface area contributed by atoms with E-state index in [1.807, 2.05) is 0 Å². The van der Waals surface area contributed by atoms with Gasteiger partial charge in [0.25, 0.3) is 0 Å². The van der Waals surface area contributed by atoms with Crippen molar-refractivity contribution in [1.82, 2.24) is 19.8 Å². The minimum atomic E-state index is -0.220. The predicted octanol–water partition coefficient (Wildman–Crippen LogP) is 2.79. The number of likely N-dealkylation sites (N-methyl/N-ethyl adjacent to an activating group) is 1. The number of imidazole rings is 1. The molecule has 114 valence electrons. The number of fused-ring (bicyclic) bond motifs is 1. The van der Waals surface area contributed by atoms with Gasteiger partial charge >= 0.3 is 0 Å². The van der Waals surface area contributed by atoms with Crippen molar-refractivity contribution in [1.29, 1.82) is 0 Å². The molecule has 1 atom stereocenters. The summed E-state index contributed by atoms with van der Waals surface area (Å²) in [4.78, 5) is 12.9. The first-order chi connectivity index (χ1) is 10.2. The maximum absolute atomic E-state index is 13.3. The normalized spacial score (nSPS) is 19.2. The summed E-state index contributed by atoms with van der Waals surface area (Å²) >= 11 is 0. The molecule has 1 aromatic carbocycles. The van der Waals surface area contributed by atoms with E-state index in [2.05, 4.69) is 33.6 Å². The molecule has 21 heavy (non-hydrogen) atoms. The Balaban J connectivity index is 1.81. The van der Waals surface area contributed by atoms with E-state index < -0.39 is 0 Å². The van der Waals surface area contributed by atoms with Crippen molar-refractivity contribution >= 4 is 11.0 Å². The minimum absolute atomic E-state index is 0.220. The molecule has 2 aromatic rings. The van der Waals surface area contributed by atoms with Crippen LogP contribution in [0.3, 0.4) is 0 Å². The number of aromatic nitrogens is 2. The molecule has 1 fully saturated rings. The standard InChI is InChI=1S/C16H23FN4/c1-3-15(21-9-7-20(4-2)8-10-21)16-18-13-6-5-12(17)11-14(13)19-16/h5-6,11,15H,3-4,7-10H2,1-2H3,(H,18,19). The SMILES string of the molecule is CCC(c1nc2ccc(F)cc2[nH]1)N1CCN(CC)CC1. The Bertz CT molecular complexity index is 601. The molecule has 0 spiro atoms. The van der Waals surface area contributed by atoms with Gasteiger partial charge in [-0.05, 0) is 31.2 Å². The summed E-state index contributed by atoms with van der Waals surface area (Å²) < 4.78 is 13.3. The Morgan fingerprint density at radius 3 is 2.67 bits per heavy atom. The fourth-order valence-corrected chi connectivity index (χ4v) is 3.18. The van der Waals surface area contributed by atoms with Crippen LogP contribution in [0.2, 0.25) is 0 Å². The van der Waals surface area contributed by atoms with Gasteiger partial charge in [0.05, 0.1) is 17.1 Å². The zero-order valence-electron chi connectivity index (χ0n) is 12.8. The molecule has 0 radical (unpaired) electrons. The average molecular weight is 290 g/mol. The van der Waals surface area contributed by atoms with Crippen LogP contribution in [0.25, 0.3) is 11.0 Å². The predicted molar refractivity (Wildman–Crippen MR) is 82.8 cm³/mol. The van der Waals surface area contributed by atoms with E-state index >= 15 is 0 Å². The Kier molecular flexibility index (Phi) is 4.22. The second-order valence-corrected chi connectivity index (χ2v) is 5.68. The van der Waals surface area contributed by atoms with E-state index in [0.29, 0.717) is 6.04 Å². The van der Waals surface area contributed by atoms with Gasteiger partial charge in [-0.15, -0.1) is 0 Å². The van der Waals surface area contributed by atoms with Gasteiger partial charge in [-0.2, -0.15) is 0 Å². The topological polar surface area (TPSA) is 35.2 Å². The number of benzene rings is 1. The molecule has 4 nitrogen and oxygen atoms in total. The molecule has 0 amide bonds. The third-order valence-corrected chi connectivity index (χ3v) is 4.46. The highest BCUT2D eigenvalue weighted by Gasteiger charge is 2.25. The maximum atomic E-state index is 13.3. The summed E-state index contributed by atoms with van der Waals surface area (Å²) in [6, 6.07) is 5.02. The van der Waals surface area contributed by atoms with E-state index in [0.717, 1.165) is 56.0 Å². The van der Waals surface area contributed by atoms with Gasteiger partial charge in [0.15, 0.2) is 0 Å². The van der Waals surface area contributed by atoms with Crippen molar-refractivity contribution in [2.45, 2.75) is 26.3 Å². The van der Waals surface area contributed by atoms with Gasteiger partial charge in [0, 0.05) is 26.2 Å². The second-order valence-electron chi connectivity index (χ2n) is 5.68. The van der Waals surface area contributed by atoms with E-state index in [-0.39, 0.29) is 5.82 Å². The zero-order valence-corrected chi connectivity index (χ0v) is 12.8. The molecule has 1 saturated heterocycles. The monoisotopic (exact) mass is 290 g/mol. The molecular weight excluding hydrogens is 267 g/mol. The van der Waals surface area contributed by atoms with Gasteiger partial charge in [0.2, 0.25) is 0 Å². The lowest BCUT2D eigenvalue weighted by Crippen LogP contribution is -2.47. The molecule has 2 heterocycles. The summed E-state index contributed by atoms with van der Waals surface area (Å²) in [6.45, 7) is 9.87. The zero-order chi connectivity index (χ0) is 14.8. The Hall–Kier alpha value is -1.46. The number of nitrogens with zero attached hydrogens (tertiary/aromatic N) is 3. The number of halogens is 1. The van der Waals surface area contributed by atoms with Crippen molar-refractivity contribution in [2.24, 2.45) is 0 Å². The lowest BCUT2D eigenvalue weighted by molar-refractivity contribution is 0.0940. The van der Waals surface area contributed by atoms with E-state index in [1.54, 1.807) is 6.07 Å². The first-order valence-electron chi connectivity index (χ1n) is 7.82. The molecule has 1 unspecified atom stereocenters. The van der Waals surface area contributed by atoms with E-state index in [9.17, 15) is 4.39 Å². The highest BCUT2D eigenvalue weighted by atomic mass is 19.1. The van der Waals surface area contributed by atoms with Crippen LogP contribution in [0.15, 0.2) is 18.2 Å². The quantitative estimate of drug-likeness (QED) is 0.940. The van der Waals surface area contributed by atoms with Crippen molar-refractivity contribution in [3.05, 3.63) is 29.8 Å². The molecule has 3 rings (SSSR count). The molecule has 0 bridgehead atoms. The molecule has 0 aliphatic carbocycles. The summed E-state index contributed by atoms with van der Waals surface area (Å²) in [5, 5.41) is 0. The van der Waals surface area contributed by atoms with Gasteiger partial charge < -0.3 is 9.88 Å². The molecule has 1 aromatic heterocycles. The van der Waals surface area contributed by atoms with Gasteiger partial charge in [-0.25, -0.2) is 9.37 Å². The average Bonchev–Trinajstić information content (AvgIpc) is 2.91. The Labute approximate surface area is 125 Å². The molecule has 0 saturated carbocycles. The lowest BCUT2D eigenvalue weighted by atomic mass is 10.1. The lowest BCUT2D eigenvalue weighted by Gasteiger charge is -2.37. The third kappa shape index (κ3) is 2.94. The largest absolute Gasteiger partial charge is 0.341 e. The van der Waals surface area contributed by atoms with Crippen LogP contribution < -0.4 is 0 Å². The maximum Gasteiger partial charge on any atom is 0.125 e. The first kappa shape index (κ1) is 14.5. The first-order valence-corrected chi connectivity index (χ1v) is 7.82. The minimum Gasteiger partial charge on any atom is -0.341 e. The van der Waals surface area contributed by atoms with Gasteiger partial charge in [-0.3, -0.25) is 4.90 Å². The second kappa shape index (κ2) is 6.12. The summed E-state index contributed by atoms with van der Waals surface area (Å²) in [5.74, 6) is 0.741. The Morgan fingerprint density at radius 1 is 1.24 bits per heavy atom. The summed E-state index contributed by atoms with van der Waals surface area (Å²) in [5.41, 5.74) is 1.63. The number of nitrogens with one attached hydrogen (secondary N) is 1. The Morgan fingerprint density at radius 2 is 2.00 bits per heavy atom. The molecule has 1 aliphatic rings. The van der Waals surface area contributed by atoms with Crippen LogP contribution in [0.1, 0.15) is 32.1 Å². The number of hydrogen-bond acceptors (Lipinski definition) is 3. The number of piperazine rings is 1. The highest BCUT2D eigenvalue weighted by Crippen LogP contribution is 2.25. The van der Waals surface area contributed by atoms with Gasteiger partial charge in [0.1, 0.15) is 11.6 Å². The molecule has 5 heteroatoms. The van der Waals surface area contributed by atoms with Crippen LogP contribution in [0, 0.1) is 5.82 Å². The number of aromatic amines is 1. The molecular formula is C16H23FN4. The fraction of sp³-hybridized carbons (Fsp3) is 0.562. The molecule has 1 aliphatic heterocycles. The van der Waals surface area contributed by atoms with Crippen molar-refractivity contribution < 1.29 is 4.39 Å².